The monoisotopic (exact) mass is 227 g/mol. The second-order valence-electron chi connectivity index (χ2n) is 4.66. The number of halogens is 2. The van der Waals surface area contributed by atoms with E-state index in [0.717, 1.165) is 12.8 Å². The van der Waals surface area contributed by atoms with E-state index in [0.29, 0.717) is 17.0 Å². The van der Waals surface area contributed by atoms with Gasteiger partial charge in [0.25, 0.3) is 0 Å². The molecule has 1 atom stereocenters. The maximum Gasteiger partial charge on any atom is 0.127 e. The fraction of sp³-hybridized carbons (Fsp3) is 0.500. The van der Waals surface area contributed by atoms with Crippen LogP contribution in [0.15, 0.2) is 18.2 Å². The van der Waals surface area contributed by atoms with E-state index in [1.165, 1.54) is 6.07 Å². The van der Waals surface area contributed by atoms with Crippen LogP contribution in [0.4, 0.5) is 4.39 Å². The van der Waals surface area contributed by atoms with Crippen molar-refractivity contribution in [1.82, 2.24) is 0 Å². The van der Waals surface area contributed by atoms with Crippen LogP contribution >= 0.6 is 11.6 Å². The zero-order valence-electron chi connectivity index (χ0n) is 8.76. The van der Waals surface area contributed by atoms with Crippen LogP contribution in [0.2, 0.25) is 5.02 Å². The molecule has 0 heterocycles. The quantitative estimate of drug-likeness (QED) is 0.844. The van der Waals surface area contributed by atoms with Crippen molar-refractivity contribution in [3.05, 3.63) is 34.6 Å². The van der Waals surface area contributed by atoms with Crippen molar-refractivity contribution < 1.29 is 4.39 Å². The van der Waals surface area contributed by atoms with E-state index in [1.807, 2.05) is 0 Å². The van der Waals surface area contributed by atoms with Gasteiger partial charge in [-0.2, -0.15) is 0 Å². The summed E-state index contributed by atoms with van der Waals surface area (Å²) in [6.07, 6.45) is 2.81. The van der Waals surface area contributed by atoms with Gasteiger partial charge in [-0.15, -0.1) is 0 Å². The molecule has 1 aromatic rings. The molecule has 82 valence electrons. The molecule has 15 heavy (non-hydrogen) atoms. The van der Waals surface area contributed by atoms with Crippen molar-refractivity contribution in [2.75, 3.05) is 0 Å². The van der Waals surface area contributed by atoms with Gasteiger partial charge in [-0.05, 0) is 36.8 Å². The maximum atomic E-state index is 13.5. The number of benzene rings is 1. The predicted octanol–water partition coefficient (Wildman–Crippen LogP) is 3.15. The SMILES string of the molecule is CC1(C(N)Cc2c(F)cccc2Cl)CC1. The van der Waals surface area contributed by atoms with Crippen LogP contribution < -0.4 is 5.73 Å². The number of rotatable bonds is 3. The highest BCUT2D eigenvalue weighted by Gasteiger charge is 2.43. The Kier molecular flexibility index (Phi) is 2.73. The molecule has 1 aliphatic carbocycles. The van der Waals surface area contributed by atoms with E-state index < -0.39 is 0 Å². The smallest absolute Gasteiger partial charge is 0.127 e. The molecule has 2 rings (SSSR count). The Morgan fingerprint density at radius 2 is 2.20 bits per heavy atom. The summed E-state index contributed by atoms with van der Waals surface area (Å²) in [6.45, 7) is 2.15. The van der Waals surface area contributed by atoms with Gasteiger partial charge in [-0.25, -0.2) is 4.39 Å². The fourth-order valence-electron chi connectivity index (χ4n) is 1.76. The van der Waals surface area contributed by atoms with Gasteiger partial charge in [0.15, 0.2) is 0 Å². The Balaban J connectivity index is 2.16. The van der Waals surface area contributed by atoms with E-state index in [4.69, 9.17) is 17.3 Å². The summed E-state index contributed by atoms with van der Waals surface area (Å²) in [5.41, 5.74) is 6.81. The first-order valence-electron chi connectivity index (χ1n) is 5.21. The molecule has 1 aliphatic rings. The number of hydrogen-bond donors (Lipinski definition) is 1. The summed E-state index contributed by atoms with van der Waals surface area (Å²) >= 11 is 5.95. The summed E-state index contributed by atoms with van der Waals surface area (Å²) in [5, 5.41) is 0.481. The fourth-order valence-corrected chi connectivity index (χ4v) is 2.00. The highest BCUT2D eigenvalue weighted by molar-refractivity contribution is 6.31. The molecule has 1 unspecified atom stereocenters. The van der Waals surface area contributed by atoms with Gasteiger partial charge >= 0.3 is 0 Å². The minimum atomic E-state index is -0.248. The molecule has 2 N–H and O–H groups in total. The average molecular weight is 228 g/mol. The first-order chi connectivity index (χ1) is 7.03. The van der Waals surface area contributed by atoms with Crippen LogP contribution in [0.3, 0.4) is 0 Å². The van der Waals surface area contributed by atoms with Gasteiger partial charge in [0.2, 0.25) is 0 Å². The normalized spacial score (nSPS) is 20.0. The van der Waals surface area contributed by atoms with E-state index in [-0.39, 0.29) is 17.3 Å². The largest absolute Gasteiger partial charge is 0.327 e. The lowest BCUT2D eigenvalue weighted by Crippen LogP contribution is -2.32. The first-order valence-corrected chi connectivity index (χ1v) is 5.59. The second kappa shape index (κ2) is 3.76. The van der Waals surface area contributed by atoms with Crippen LogP contribution in [-0.4, -0.2) is 6.04 Å². The summed E-state index contributed by atoms with van der Waals surface area (Å²) in [6, 6.07) is 4.77. The van der Waals surface area contributed by atoms with Gasteiger partial charge < -0.3 is 5.73 Å². The Bertz CT molecular complexity index is 354. The molecular weight excluding hydrogens is 213 g/mol. The van der Waals surface area contributed by atoms with Gasteiger partial charge in [-0.1, -0.05) is 24.6 Å². The van der Waals surface area contributed by atoms with Crippen molar-refractivity contribution >= 4 is 11.6 Å². The third-order valence-electron chi connectivity index (χ3n) is 3.42. The lowest BCUT2D eigenvalue weighted by atomic mass is 9.93. The molecular formula is C12H15ClFN. The maximum absolute atomic E-state index is 13.5. The molecule has 0 aromatic heterocycles. The zero-order valence-corrected chi connectivity index (χ0v) is 9.52. The molecule has 0 saturated heterocycles. The standard InChI is InChI=1S/C12H15ClFN/c1-12(5-6-12)11(15)7-8-9(13)3-2-4-10(8)14/h2-4,11H,5-7,15H2,1H3. The van der Waals surface area contributed by atoms with Gasteiger partial charge in [0.1, 0.15) is 5.82 Å². The van der Waals surface area contributed by atoms with E-state index >= 15 is 0 Å². The summed E-state index contributed by atoms with van der Waals surface area (Å²) in [7, 11) is 0. The Morgan fingerprint density at radius 3 is 2.73 bits per heavy atom. The predicted molar refractivity (Wildman–Crippen MR) is 60.4 cm³/mol. The van der Waals surface area contributed by atoms with Crippen LogP contribution in [-0.2, 0) is 6.42 Å². The molecule has 0 aliphatic heterocycles. The highest BCUT2D eigenvalue weighted by atomic mass is 35.5. The van der Waals surface area contributed by atoms with Gasteiger partial charge in [0, 0.05) is 16.6 Å². The van der Waals surface area contributed by atoms with Crippen LogP contribution in [0, 0.1) is 11.2 Å². The molecule has 0 radical (unpaired) electrons. The van der Waals surface area contributed by atoms with E-state index in [2.05, 4.69) is 6.92 Å². The molecule has 0 bridgehead atoms. The minimum absolute atomic E-state index is 0.00639. The molecule has 1 aromatic carbocycles. The van der Waals surface area contributed by atoms with Gasteiger partial charge in [0.05, 0.1) is 0 Å². The lowest BCUT2D eigenvalue weighted by molar-refractivity contribution is 0.427. The van der Waals surface area contributed by atoms with Crippen molar-refractivity contribution in [1.29, 1.82) is 0 Å². The third kappa shape index (κ3) is 2.16. The van der Waals surface area contributed by atoms with Crippen molar-refractivity contribution in [3.63, 3.8) is 0 Å². The average Bonchev–Trinajstić information content (AvgIpc) is 2.91. The third-order valence-corrected chi connectivity index (χ3v) is 3.77. The van der Waals surface area contributed by atoms with Gasteiger partial charge in [-0.3, -0.25) is 0 Å². The number of hydrogen-bond acceptors (Lipinski definition) is 1. The minimum Gasteiger partial charge on any atom is -0.327 e. The van der Waals surface area contributed by atoms with E-state index in [9.17, 15) is 4.39 Å². The highest BCUT2D eigenvalue weighted by Crippen LogP contribution is 2.48. The molecule has 1 fully saturated rings. The molecule has 0 amide bonds. The first kappa shape index (κ1) is 10.9. The van der Waals surface area contributed by atoms with Crippen molar-refractivity contribution in [2.45, 2.75) is 32.2 Å². The van der Waals surface area contributed by atoms with Crippen LogP contribution in [0.25, 0.3) is 0 Å². The molecule has 0 spiro atoms. The summed E-state index contributed by atoms with van der Waals surface area (Å²) in [5.74, 6) is -0.248. The summed E-state index contributed by atoms with van der Waals surface area (Å²) in [4.78, 5) is 0. The molecule has 1 nitrogen and oxygen atoms in total. The number of nitrogens with two attached hydrogens (primary N) is 1. The van der Waals surface area contributed by atoms with E-state index in [1.54, 1.807) is 12.1 Å². The van der Waals surface area contributed by atoms with Crippen LogP contribution in [0.5, 0.6) is 0 Å². The molecule has 1 saturated carbocycles. The second-order valence-corrected chi connectivity index (χ2v) is 5.07. The topological polar surface area (TPSA) is 26.0 Å². The lowest BCUT2D eigenvalue weighted by Gasteiger charge is -2.19. The Labute approximate surface area is 94.4 Å². The molecule has 3 heteroatoms. The van der Waals surface area contributed by atoms with Crippen molar-refractivity contribution in [3.8, 4) is 0 Å². The summed E-state index contributed by atoms with van der Waals surface area (Å²) < 4.78 is 13.5. The Hall–Kier alpha value is -0.600. The zero-order chi connectivity index (χ0) is 11.1. The van der Waals surface area contributed by atoms with Crippen molar-refractivity contribution in [2.24, 2.45) is 11.1 Å². The van der Waals surface area contributed by atoms with Crippen LogP contribution in [0.1, 0.15) is 25.3 Å². The Morgan fingerprint density at radius 1 is 1.53 bits per heavy atom.